The highest BCUT2D eigenvalue weighted by Gasteiger charge is 2.30. The van der Waals surface area contributed by atoms with E-state index < -0.39 is 17.8 Å². The van der Waals surface area contributed by atoms with E-state index in [2.05, 4.69) is 4.99 Å². The normalized spacial score (nSPS) is 13.2. The number of aliphatic imine (C=N–C) groups is 1. The summed E-state index contributed by atoms with van der Waals surface area (Å²) in [6.07, 6.45) is -5.61. The topological polar surface area (TPSA) is 84.6 Å². The standard InChI is InChI=1S/C10H12F3N3O/c11-10(12,13)7-3-1-2-6(4-7)8(17)5-16-9(14)15/h1-4,8,17H,5H2,(H4,14,15,16). The first-order chi connectivity index (χ1) is 7.80. The SMILES string of the molecule is NC(N)=NCC(O)c1cccc(C(F)(F)F)c1. The molecule has 0 radical (unpaired) electrons. The molecular formula is C10H12F3N3O. The molecule has 17 heavy (non-hydrogen) atoms. The number of halogens is 3. The van der Waals surface area contributed by atoms with Gasteiger partial charge in [0.25, 0.3) is 0 Å². The first-order valence-electron chi connectivity index (χ1n) is 4.71. The zero-order valence-electron chi connectivity index (χ0n) is 8.78. The third-order valence-corrected chi connectivity index (χ3v) is 2.05. The monoisotopic (exact) mass is 247 g/mol. The molecule has 0 bridgehead atoms. The summed E-state index contributed by atoms with van der Waals surface area (Å²) in [7, 11) is 0. The molecule has 1 atom stereocenters. The van der Waals surface area contributed by atoms with Crippen LogP contribution in [0.3, 0.4) is 0 Å². The number of alkyl halides is 3. The molecule has 7 heteroatoms. The van der Waals surface area contributed by atoms with Crippen molar-refractivity contribution in [1.82, 2.24) is 0 Å². The van der Waals surface area contributed by atoms with Gasteiger partial charge in [0.05, 0.1) is 18.2 Å². The van der Waals surface area contributed by atoms with Gasteiger partial charge in [-0.1, -0.05) is 12.1 Å². The fourth-order valence-electron chi connectivity index (χ4n) is 1.22. The number of benzene rings is 1. The average molecular weight is 247 g/mol. The molecule has 1 aromatic rings. The Morgan fingerprint density at radius 3 is 2.53 bits per heavy atom. The Hall–Kier alpha value is -1.76. The number of aliphatic hydroxyl groups excluding tert-OH is 1. The molecule has 0 aliphatic heterocycles. The van der Waals surface area contributed by atoms with Crippen LogP contribution in [0.4, 0.5) is 13.2 Å². The third-order valence-electron chi connectivity index (χ3n) is 2.05. The van der Waals surface area contributed by atoms with Gasteiger partial charge in [0.15, 0.2) is 5.96 Å². The van der Waals surface area contributed by atoms with Crippen molar-refractivity contribution >= 4 is 5.96 Å². The molecule has 0 saturated heterocycles. The Morgan fingerprint density at radius 1 is 1.35 bits per heavy atom. The summed E-state index contributed by atoms with van der Waals surface area (Å²) in [6.45, 7) is -0.177. The van der Waals surface area contributed by atoms with Crippen molar-refractivity contribution in [2.45, 2.75) is 12.3 Å². The van der Waals surface area contributed by atoms with E-state index in [0.29, 0.717) is 0 Å². The summed E-state index contributed by atoms with van der Waals surface area (Å²) in [6, 6.07) is 4.39. The second-order valence-corrected chi connectivity index (χ2v) is 3.40. The van der Waals surface area contributed by atoms with Gasteiger partial charge in [0, 0.05) is 0 Å². The molecular weight excluding hydrogens is 235 g/mol. The summed E-state index contributed by atoms with van der Waals surface area (Å²) in [4.78, 5) is 3.53. The molecule has 1 rings (SSSR count). The van der Waals surface area contributed by atoms with E-state index in [1.165, 1.54) is 12.1 Å². The van der Waals surface area contributed by atoms with Crippen molar-refractivity contribution < 1.29 is 18.3 Å². The molecule has 0 spiro atoms. The van der Waals surface area contributed by atoms with E-state index in [1.807, 2.05) is 0 Å². The molecule has 94 valence electrons. The predicted molar refractivity (Wildman–Crippen MR) is 57.1 cm³/mol. The maximum Gasteiger partial charge on any atom is 0.416 e. The second-order valence-electron chi connectivity index (χ2n) is 3.40. The first kappa shape index (κ1) is 13.3. The quantitative estimate of drug-likeness (QED) is 0.550. The number of hydrogen-bond acceptors (Lipinski definition) is 2. The van der Waals surface area contributed by atoms with Crippen molar-refractivity contribution in [1.29, 1.82) is 0 Å². The zero-order chi connectivity index (χ0) is 13.1. The van der Waals surface area contributed by atoms with E-state index >= 15 is 0 Å². The van der Waals surface area contributed by atoms with Gasteiger partial charge in [-0.05, 0) is 17.7 Å². The summed E-state index contributed by atoms with van der Waals surface area (Å²) in [5.41, 5.74) is 9.40. The smallest absolute Gasteiger partial charge is 0.386 e. The van der Waals surface area contributed by atoms with Crippen molar-refractivity contribution in [2.24, 2.45) is 16.5 Å². The number of nitrogens with zero attached hydrogens (tertiary/aromatic N) is 1. The van der Waals surface area contributed by atoms with Crippen LogP contribution in [-0.4, -0.2) is 17.6 Å². The minimum Gasteiger partial charge on any atom is -0.386 e. The highest BCUT2D eigenvalue weighted by Crippen LogP contribution is 2.30. The van der Waals surface area contributed by atoms with Gasteiger partial charge in [-0.15, -0.1) is 0 Å². The number of rotatable bonds is 3. The summed E-state index contributed by atoms with van der Waals surface area (Å²) in [5, 5.41) is 9.57. The van der Waals surface area contributed by atoms with Crippen molar-refractivity contribution in [3.8, 4) is 0 Å². The number of nitrogens with two attached hydrogens (primary N) is 2. The van der Waals surface area contributed by atoms with Crippen LogP contribution in [0.5, 0.6) is 0 Å². The molecule has 0 aliphatic carbocycles. The minimum atomic E-state index is -4.44. The van der Waals surface area contributed by atoms with Gasteiger partial charge in [-0.3, -0.25) is 4.99 Å². The molecule has 0 fully saturated rings. The van der Waals surface area contributed by atoms with Crippen LogP contribution in [-0.2, 0) is 6.18 Å². The van der Waals surface area contributed by atoms with Gasteiger partial charge in [0.2, 0.25) is 0 Å². The van der Waals surface area contributed by atoms with Crippen LogP contribution in [0.1, 0.15) is 17.2 Å². The Morgan fingerprint density at radius 2 is 2.00 bits per heavy atom. The van der Waals surface area contributed by atoms with E-state index in [-0.39, 0.29) is 18.1 Å². The Labute approximate surface area is 95.8 Å². The van der Waals surface area contributed by atoms with E-state index in [1.54, 1.807) is 0 Å². The molecule has 0 saturated carbocycles. The largest absolute Gasteiger partial charge is 0.416 e. The van der Waals surface area contributed by atoms with Crippen molar-refractivity contribution in [3.63, 3.8) is 0 Å². The van der Waals surface area contributed by atoms with Crippen LogP contribution in [0.2, 0.25) is 0 Å². The molecule has 0 amide bonds. The second kappa shape index (κ2) is 5.05. The summed E-state index contributed by atoms with van der Waals surface area (Å²) >= 11 is 0. The lowest BCUT2D eigenvalue weighted by Crippen LogP contribution is -2.23. The van der Waals surface area contributed by atoms with Crippen LogP contribution in [0.15, 0.2) is 29.3 Å². The highest BCUT2D eigenvalue weighted by molar-refractivity contribution is 5.75. The first-order valence-corrected chi connectivity index (χ1v) is 4.71. The van der Waals surface area contributed by atoms with Crippen LogP contribution in [0, 0.1) is 0 Å². The molecule has 4 nitrogen and oxygen atoms in total. The zero-order valence-corrected chi connectivity index (χ0v) is 8.78. The summed E-state index contributed by atoms with van der Waals surface area (Å²) < 4.78 is 37.2. The Bertz CT molecular complexity index is 414. The third kappa shape index (κ3) is 3.95. The average Bonchev–Trinajstić information content (AvgIpc) is 2.25. The van der Waals surface area contributed by atoms with Crippen LogP contribution < -0.4 is 11.5 Å². The number of aliphatic hydroxyl groups is 1. The van der Waals surface area contributed by atoms with Gasteiger partial charge in [0.1, 0.15) is 0 Å². The predicted octanol–water partition coefficient (Wildman–Crippen LogP) is 1.01. The maximum absolute atomic E-state index is 12.4. The Kier molecular flexibility index (Phi) is 3.95. The molecule has 0 aromatic heterocycles. The van der Waals surface area contributed by atoms with Gasteiger partial charge in [-0.25, -0.2) is 0 Å². The van der Waals surface area contributed by atoms with Gasteiger partial charge < -0.3 is 16.6 Å². The van der Waals surface area contributed by atoms with Crippen LogP contribution >= 0.6 is 0 Å². The Balaban J connectivity index is 2.88. The van der Waals surface area contributed by atoms with Gasteiger partial charge in [-0.2, -0.15) is 13.2 Å². The van der Waals surface area contributed by atoms with Gasteiger partial charge >= 0.3 is 6.18 Å². The van der Waals surface area contributed by atoms with Crippen molar-refractivity contribution in [3.05, 3.63) is 35.4 Å². The number of guanidine groups is 1. The highest BCUT2D eigenvalue weighted by atomic mass is 19.4. The summed E-state index contributed by atoms with van der Waals surface area (Å²) in [5.74, 6) is -0.226. The van der Waals surface area contributed by atoms with Crippen LogP contribution in [0.25, 0.3) is 0 Å². The van der Waals surface area contributed by atoms with E-state index in [9.17, 15) is 18.3 Å². The van der Waals surface area contributed by atoms with E-state index in [0.717, 1.165) is 12.1 Å². The molecule has 0 heterocycles. The lowest BCUT2D eigenvalue weighted by molar-refractivity contribution is -0.137. The molecule has 1 aromatic carbocycles. The maximum atomic E-state index is 12.4. The van der Waals surface area contributed by atoms with Crippen molar-refractivity contribution in [2.75, 3.05) is 6.54 Å². The number of hydrogen-bond donors (Lipinski definition) is 3. The van der Waals surface area contributed by atoms with E-state index in [4.69, 9.17) is 11.5 Å². The molecule has 5 N–H and O–H groups in total. The lowest BCUT2D eigenvalue weighted by atomic mass is 10.1. The molecule has 1 unspecified atom stereocenters. The fraction of sp³-hybridized carbons (Fsp3) is 0.300. The minimum absolute atomic E-state index is 0.116. The molecule has 0 aliphatic rings. The fourth-order valence-corrected chi connectivity index (χ4v) is 1.22. The lowest BCUT2D eigenvalue weighted by Gasteiger charge is -2.12.